The Bertz CT molecular complexity index is 118. The van der Waals surface area contributed by atoms with Crippen LogP contribution in [0.25, 0.3) is 0 Å². The molecule has 0 bridgehead atoms. The lowest BCUT2D eigenvalue weighted by Crippen LogP contribution is -2.13. The van der Waals surface area contributed by atoms with Crippen LogP contribution in [0.4, 0.5) is 0 Å². The van der Waals surface area contributed by atoms with Crippen molar-refractivity contribution in [2.24, 2.45) is 5.92 Å². The van der Waals surface area contributed by atoms with Gasteiger partial charge in [-0.1, -0.05) is 19.9 Å². The van der Waals surface area contributed by atoms with Gasteiger partial charge in [0.25, 0.3) is 0 Å². The van der Waals surface area contributed by atoms with Gasteiger partial charge in [0.2, 0.25) is 6.29 Å². The SMILES string of the molecule is CC[C@@H](O)[C@@H](C)C=C[C]=O. The van der Waals surface area contributed by atoms with Crippen molar-refractivity contribution in [1.82, 2.24) is 0 Å². The summed E-state index contributed by atoms with van der Waals surface area (Å²) in [5.41, 5.74) is 0. The summed E-state index contributed by atoms with van der Waals surface area (Å²) in [6, 6.07) is 0. The van der Waals surface area contributed by atoms with Crippen molar-refractivity contribution in [1.29, 1.82) is 0 Å². The predicted octanol–water partition coefficient (Wildman–Crippen LogP) is 1.06. The maximum Gasteiger partial charge on any atom is 0.225 e. The highest BCUT2D eigenvalue weighted by molar-refractivity contribution is 5.65. The number of carbonyl (C=O) groups excluding carboxylic acids is 1. The van der Waals surface area contributed by atoms with Gasteiger partial charge in [0.15, 0.2) is 0 Å². The van der Waals surface area contributed by atoms with Gasteiger partial charge in [-0.15, -0.1) is 0 Å². The standard InChI is InChI=1S/C8H13O2/c1-3-8(10)7(2)5-4-6-9/h4-5,7-8,10H,3H2,1-2H3/t7-,8+/m0/s1. The minimum Gasteiger partial charge on any atom is -0.393 e. The third kappa shape index (κ3) is 3.41. The van der Waals surface area contributed by atoms with Crippen LogP contribution in [-0.4, -0.2) is 17.5 Å². The average Bonchev–Trinajstić information content (AvgIpc) is 1.98. The van der Waals surface area contributed by atoms with Crippen molar-refractivity contribution in [3.63, 3.8) is 0 Å². The molecule has 0 amide bonds. The van der Waals surface area contributed by atoms with Gasteiger partial charge in [0, 0.05) is 5.92 Å². The van der Waals surface area contributed by atoms with Gasteiger partial charge in [-0.05, 0) is 12.5 Å². The molecule has 0 spiro atoms. The van der Waals surface area contributed by atoms with E-state index in [1.807, 2.05) is 13.8 Å². The topological polar surface area (TPSA) is 37.3 Å². The zero-order chi connectivity index (χ0) is 7.98. The normalized spacial score (nSPS) is 17.1. The molecule has 2 heteroatoms. The molecule has 57 valence electrons. The Morgan fingerprint density at radius 2 is 2.30 bits per heavy atom. The second kappa shape index (κ2) is 5.18. The molecule has 10 heavy (non-hydrogen) atoms. The molecule has 0 fully saturated rings. The molecule has 0 aliphatic carbocycles. The van der Waals surface area contributed by atoms with Crippen LogP contribution < -0.4 is 0 Å². The van der Waals surface area contributed by atoms with Crippen LogP contribution in [0.1, 0.15) is 20.3 Å². The molecule has 0 saturated carbocycles. The Morgan fingerprint density at radius 3 is 2.70 bits per heavy atom. The van der Waals surface area contributed by atoms with E-state index in [-0.39, 0.29) is 12.0 Å². The maximum atomic E-state index is 9.73. The molecule has 1 N–H and O–H groups in total. The minimum absolute atomic E-state index is 0.0476. The first-order chi connectivity index (χ1) is 4.72. The van der Waals surface area contributed by atoms with E-state index in [0.29, 0.717) is 6.42 Å². The molecule has 0 aromatic carbocycles. The van der Waals surface area contributed by atoms with Crippen LogP contribution in [0.2, 0.25) is 0 Å². The lowest BCUT2D eigenvalue weighted by molar-refractivity contribution is 0.134. The van der Waals surface area contributed by atoms with E-state index in [1.165, 1.54) is 6.08 Å². The van der Waals surface area contributed by atoms with Crippen LogP contribution in [0.5, 0.6) is 0 Å². The van der Waals surface area contributed by atoms with Crippen molar-refractivity contribution in [2.75, 3.05) is 0 Å². The van der Waals surface area contributed by atoms with E-state index in [1.54, 1.807) is 12.4 Å². The quantitative estimate of drug-likeness (QED) is 0.594. The second-order valence-electron chi connectivity index (χ2n) is 2.31. The third-order valence-corrected chi connectivity index (χ3v) is 1.49. The number of hydrogen-bond acceptors (Lipinski definition) is 2. The Hall–Kier alpha value is -0.630. The molecular weight excluding hydrogens is 128 g/mol. The number of aliphatic hydroxyl groups is 1. The minimum atomic E-state index is -0.343. The number of aliphatic hydroxyl groups excluding tert-OH is 1. The lowest BCUT2D eigenvalue weighted by atomic mass is 10.0. The second-order valence-corrected chi connectivity index (χ2v) is 2.31. The van der Waals surface area contributed by atoms with E-state index >= 15 is 0 Å². The molecule has 2 nitrogen and oxygen atoms in total. The maximum absolute atomic E-state index is 9.73. The van der Waals surface area contributed by atoms with Crippen LogP contribution in [-0.2, 0) is 4.79 Å². The molecule has 0 aliphatic heterocycles. The van der Waals surface area contributed by atoms with Crippen LogP contribution in [0, 0.1) is 5.92 Å². The molecule has 0 aromatic rings. The Morgan fingerprint density at radius 1 is 1.70 bits per heavy atom. The highest BCUT2D eigenvalue weighted by Gasteiger charge is 2.06. The Balaban J connectivity index is 3.70. The van der Waals surface area contributed by atoms with Crippen molar-refractivity contribution in [3.05, 3.63) is 12.2 Å². The fourth-order valence-corrected chi connectivity index (χ4v) is 0.691. The summed E-state index contributed by atoms with van der Waals surface area (Å²) in [6.07, 6.45) is 4.95. The molecule has 0 saturated heterocycles. The number of hydrogen-bond donors (Lipinski definition) is 1. The van der Waals surface area contributed by atoms with Gasteiger partial charge in [-0.2, -0.15) is 0 Å². The van der Waals surface area contributed by atoms with E-state index in [4.69, 9.17) is 0 Å². The van der Waals surface area contributed by atoms with Gasteiger partial charge < -0.3 is 5.11 Å². The zero-order valence-corrected chi connectivity index (χ0v) is 6.37. The zero-order valence-electron chi connectivity index (χ0n) is 6.37. The highest BCUT2D eigenvalue weighted by Crippen LogP contribution is 2.06. The van der Waals surface area contributed by atoms with E-state index in [2.05, 4.69) is 0 Å². The van der Waals surface area contributed by atoms with Crippen LogP contribution >= 0.6 is 0 Å². The summed E-state index contributed by atoms with van der Waals surface area (Å²) in [7, 11) is 0. The van der Waals surface area contributed by atoms with Crippen molar-refractivity contribution < 1.29 is 9.90 Å². The summed E-state index contributed by atoms with van der Waals surface area (Å²) in [6.45, 7) is 3.77. The highest BCUT2D eigenvalue weighted by atomic mass is 16.3. The van der Waals surface area contributed by atoms with Gasteiger partial charge in [0.1, 0.15) is 0 Å². The molecular formula is C8H13O2. The average molecular weight is 141 g/mol. The monoisotopic (exact) mass is 141 g/mol. The number of rotatable bonds is 4. The summed E-state index contributed by atoms with van der Waals surface area (Å²) in [4.78, 5) is 9.73. The Labute approximate surface area is 61.6 Å². The summed E-state index contributed by atoms with van der Waals surface area (Å²) >= 11 is 0. The van der Waals surface area contributed by atoms with Gasteiger partial charge in [-0.3, -0.25) is 4.79 Å². The predicted molar refractivity (Wildman–Crippen MR) is 40.3 cm³/mol. The molecule has 0 aromatic heterocycles. The van der Waals surface area contributed by atoms with Gasteiger partial charge in [0.05, 0.1) is 6.10 Å². The summed E-state index contributed by atoms with van der Waals surface area (Å²) in [5, 5.41) is 9.17. The summed E-state index contributed by atoms with van der Waals surface area (Å²) < 4.78 is 0. The lowest BCUT2D eigenvalue weighted by Gasteiger charge is -2.11. The smallest absolute Gasteiger partial charge is 0.225 e. The molecule has 0 rings (SSSR count). The number of allylic oxidation sites excluding steroid dienone is 1. The van der Waals surface area contributed by atoms with Gasteiger partial charge in [-0.25, -0.2) is 0 Å². The van der Waals surface area contributed by atoms with Gasteiger partial charge >= 0.3 is 0 Å². The molecule has 2 atom stereocenters. The largest absolute Gasteiger partial charge is 0.393 e. The Kier molecular flexibility index (Phi) is 4.85. The summed E-state index contributed by atoms with van der Waals surface area (Å²) in [5.74, 6) is 0.0476. The van der Waals surface area contributed by atoms with E-state index < -0.39 is 0 Å². The molecule has 0 unspecified atom stereocenters. The van der Waals surface area contributed by atoms with Crippen LogP contribution in [0.15, 0.2) is 12.2 Å². The molecule has 1 radical (unpaired) electrons. The van der Waals surface area contributed by atoms with Crippen molar-refractivity contribution >= 4 is 6.29 Å². The first kappa shape index (κ1) is 9.37. The fraction of sp³-hybridized carbons (Fsp3) is 0.625. The molecule has 0 aliphatic rings. The van der Waals surface area contributed by atoms with Crippen molar-refractivity contribution in [3.8, 4) is 0 Å². The van der Waals surface area contributed by atoms with Crippen LogP contribution in [0.3, 0.4) is 0 Å². The first-order valence-corrected chi connectivity index (χ1v) is 3.44. The van der Waals surface area contributed by atoms with E-state index in [9.17, 15) is 9.90 Å². The third-order valence-electron chi connectivity index (χ3n) is 1.49. The fourth-order valence-electron chi connectivity index (χ4n) is 0.691. The molecule has 0 heterocycles. The first-order valence-electron chi connectivity index (χ1n) is 3.44. The van der Waals surface area contributed by atoms with E-state index in [0.717, 1.165) is 0 Å². The van der Waals surface area contributed by atoms with Crippen molar-refractivity contribution in [2.45, 2.75) is 26.4 Å².